The molecule has 1 aromatic rings. The Bertz CT molecular complexity index is 659. The topological polar surface area (TPSA) is 65.7 Å². The number of likely N-dealkylation sites (tertiary alicyclic amines) is 2. The van der Waals surface area contributed by atoms with Gasteiger partial charge in [0.05, 0.1) is 5.92 Å². The SMILES string of the molecule is O=C([C@H]1CCCN(C2CCN(c3noc(C4CC4)n3)CC2)C1)N1CCCC1. The Balaban J connectivity index is 1.14. The van der Waals surface area contributed by atoms with Gasteiger partial charge in [-0.3, -0.25) is 9.69 Å². The monoisotopic (exact) mass is 373 g/mol. The molecule has 1 saturated carbocycles. The van der Waals surface area contributed by atoms with Gasteiger partial charge in [0, 0.05) is 44.7 Å². The van der Waals surface area contributed by atoms with Gasteiger partial charge >= 0.3 is 0 Å². The van der Waals surface area contributed by atoms with Crippen LogP contribution in [0, 0.1) is 5.92 Å². The summed E-state index contributed by atoms with van der Waals surface area (Å²) in [6, 6.07) is 0.588. The molecule has 7 nitrogen and oxygen atoms in total. The van der Waals surface area contributed by atoms with Crippen LogP contribution in [0.25, 0.3) is 0 Å². The van der Waals surface area contributed by atoms with Crippen molar-refractivity contribution >= 4 is 11.9 Å². The molecule has 5 rings (SSSR count). The van der Waals surface area contributed by atoms with E-state index in [9.17, 15) is 4.79 Å². The summed E-state index contributed by atoms with van der Waals surface area (Å²) >= 11 is 0. The molecule has 7 heteroatoms. The predicted molar refractivity (Wildman–Crippen MR) is 102 cm³/mol. The number of carbonyl (C=O) groups excluding carboxylic acids is 1. The molecule has 0 N–H and O–H groups in total. The largest absolute Gasteiger partial charge is 0.342 e. The molecule has 148 valence electrons. The molecule has 1 aromatic heterocycles. The number of hydrogen-bond acceptors (Lipinski definition) is 6. The Labute approximate surface area is 161 Å². The molecule has 27 heavy (non-hydrogen) atoms. The molecule has 1 amide bonds. The quantitative estimate of drug-likeness (QED) is 0.807. The van der Waals surface area contributed by atoms with Crippen LogP contribution in [-0.4, -0.2) is 71.2 Å². The summed E-state index contributed by atoms with van der Waals surface area (Å²) in [5.41, 5.74) is 0. The van der Waals surface area contributed by atoms with Gasteiger partial charge in [-0.05, 0) is 63.1 Å². The highest BCUT2D eigenvalue weighted by Gasteiger charge is 2.35. The number of piperidine rings is 2. The summed E-state index contributed by atoms with van der Waals surface area (Å²) < 4.78 is 5.42. The van der Waals surface area contributed by atoms with Crippen LogP contribution in [0.5, 0.6) is 0 Å². The lowest BCUT2D eigenvalue weighted by Gasteiger charge is -2.42. The lowest BCUT2D eigenvalue weighted by Crippen LogP contribution is -2.51. The average Bonchev–Trinajstić information content (AvgIpc) is 3.22. The average molecular weight is 374 g/mol. The molecular weight excluding hydrogens is 342 g/mol. The van der Waals surface area contributed by atoms with Crippen molar-refractivity contribution in [1.82, 2.24) is 19.9 Å². The van der Waals surface area contributed by atoms with E-state index in [1.165, 1.54) is 25.7 Å². The first kappa shape index (κ1) is 17.5. The molecule has 0 bridgehead atoms. The highest BCUT2D eigenvalue weighted by Crippen LogP contribution is 2.39. The molecule has 0 aromatic carbocycles. The van der Waals surface area contributed by atoms with E-state index in [1.807, 2.05) is 0 Å². The highest BCUT2D eigenvalue weighted by molar-refractivity contribution is 5.79. The lowest BCUT2D eigenvalue weighted by molar-refractivity contribution is -0.136. The van der Waals surface area contributed by atoms with Gasteiger partial charge in [0.2, 0.25) is 11.8 Å². The Morgan fingerprint density at radius 3 is 2.44 bits per heavy atom. The number of amides is 1. The van der Waals surface area contributed by atoms with E-state index in [2.05, 4.69) is 24.8 Å². The van der Waals surface area contributed by atoms with Crippen molar-refractivity contribution in [3.8, 4) is 0 Å². The fourth-order valence-corrected chi connectivity index (χ4v) is 5.02. The Hall–Kier alpha value is -1.63. The van der Waals surface area contributed by atoms with Crippen LogP contribution in [0.2, 0.25) is 0 Å². The molecule has 4 heterocycles. The third-order valence-corrected chi connectivity index (χ3v) is 6.84. The van der Waals surface area contributed by atoms with E-state index >= 15 is 0 Å². The second kappa shape index (κ2) is 7.41. The first-order valence-electron chi connectivity index (χ1n) is 10.9. The summed E-state index contributed by atoms with van der Waals surface area (Å²) in [6.07, 6.45) is 9.21. The summed E-state index contributed by atoms with van der Waals surface area (Å²) in [6.45, 7) is 6.00. The van der Waals surface area contributed by atoms with Gasteiger partial charge in [0.1, 0.15) is 0 Å². The summed E-state index contributed by atoms with van der Waals surface area (Å²) in [4.78, 5) is 24.3. The van der Waals surface area contributed by atoms with Gasteiger partial charge in [-0.25, -0.2) is 0 Å². The zero-order valence-electron chi connectivity index (χ0n) is 16.2. The summed E-state index contributed by atoms with van der Waals surface area (Å²) in [5, 5.41) is 4.19. The smallest absolute Gasteiger partial charge is 0.266 e. The molecule has 3 saturated heterocycles. The van der Waals surface area contributed by atoms with Crippen LogP contribution >= 0.6 is 0 Å². The summed E-state index contributed by atoms with van der Waals surface area (Å²) in [5.74, 6) is 2.74. The number of hydrogen-bond donors (Lipinski definition) is 0. The van der Waals surface area contributed by atoms with E-state index in [-0.39, 0.29) is 5.92 Å². The van der Waals surface area contributed by atoms with Crippen LogP contribution < -0.4 is 4.90 Å². The zero-order valence-corrected chi connectivity index (χ0v) is 16.2. The van der Waals surface area contributed by atoms with Crippen molar-refractivity contribution < 1.29 is 9.32 Å². The van der Waals surface area contributed by atoms with E-state index in [0.29, 0.717) is 17.9 Å². The minimum atomic E-state index is 0.216. The second-order valence-corrected chi connectivity index (χ2v) is 8.79. The lowest BCUT2D eigenvalue weighted by atomic mass is 9.93. The highest BCUT2D eigenvalue weighted by atomic mass is 16.5. The van der Waals surface area contributed by atoms with Gasteiger partial charge in [-0.1, -0.05) is 0 Å². The van der Waals surface area contributed by atoms with Crippen molar-refractivity contribution in [2.75, 3.05) is 44.2 Å². The van der Waals surface area contributed by atoms with Crippen LogP contribution in [0.3, 0.4) is 0 Å². The maximum absolute atomic E-state index is 12.8. The van der Waals surface area contributed by atoms with Gasteiger partial charge in [-0.15, -0.1) is 0 Å². The van der Waals surface area contributed by atoms with Crippen LogP contribution in [0.15, 0.2) is 4.52 Å². The number of carbonyl (C=O) groups is 1. The van der Waals surface area contributed by atoms with Crippen LogP contribution in [0.1, 0.15) is 63.2 Å². The third-order valence-electron chi connectivity index (χ3n) is 6.84. The van der Waals surface area contributed by atoms with E-state index < -0.39 is 0 Å². The van der Waals surface area contributed by atoms with E-state index in [0.717, 1.165) is 76.8 Å². The third kappa shape index (κ3) is 3.71. The fraction of sp³-hybridized carbons (Fsp3) is 0.850. The normalized spacial score (nSPS) is 28.1. The molecule has 0 radical (unpaired) electrons. The molecule has 1 aliphatic carbocycles. The Morgan fingerprint density at radius 1 is 0.926 bits per heavy atom. The Morgan fingerprint density at radius 2 is 1.70 bits per heavy atom. The van der Waals surface area contributed by atoms with Gasteiger partial charge in [0.25, 0.3) is 5.95 Å². The van der Waals surface area contributed by atoms with E-state index in [1.54, 1.807) is 0 Å². The van der Waals surface area contributed by atoms with Crippen molar-refractivity contribution in [2.45, 2.75) is 63.3 Å². The molecule has 4 fully saturated rings. The predicted octanol–water partition coefficient (Wildman–Crippen LogP) is 2.25. The van der Waals surface area contributed by atoms with E-state index in [4.69, 9.17) is 4.52 Å². The van der Waals surface area contributed by atoms with Crippen LogP contribution in [0.4, 0.5) is 5.95 Å². The number of nitrogens with zero attached hydrogens (tertiary/aromatic N) is 5. The Kier molecular flexibility index (Phi) is 4.80. The molecule has 4 aliphatic rings. The van der Waals surface area contributed by atoms with Crippen molar-refractivity contribution in [1.29, 1.82) is 0 Å². The number of anilines is 1. The minimum absolute atomic E-state index is 0.216. The number of aromatic nitrogens is 2. The number of rotatable bonds is 4. The molecule has 1 atom stereocenters. The summed E-state index contributed by atoms with van der Waals surface area (Å²) in [7, 11) is 0. The van der Waals surface area contributed by atoms with Crippen molar-refractivity contribution in [2.24, 2.45) is 5.92 Å². The molecule has 0 unspecified atom stereocenters. The standard InChI is InChI=1S/C20H31N5O2/c26-19(23-9-1-2-10-23)16-4-3-11-25(14-16)17-7-12-24(13-8-17)20-21-18(27-22-20)15-5-6-15/h15-17H,1-14H2/t16-/m0/s1. The van der Waals surface area contributed by atoms with Gasteiger partial charge in [-0.2, -0.15) is 4.98 Å². The van der Waals surface area contributed by atoms with Crippen molar-refractivity contribution in [3.63, 3.8) is 0 Å². The maximum Gasteiger partial charge on any atom is 0.266 e. The van der Waals surface area contributed by atoms with Crippen LogP contribution in [-0.2, 0) is 4.79 Å². The maximum atomic E-state index is 12.8. The van der Waals surface area contributed by atoms with Gasteiger partial charge in [0.15, 0.2) is 0 Å². The fourth-order valence-electron chi connectivity index (χ4n) is 5.02. The zero-order chi connectivity index (χ0) is 18.2. The first-order valence-corrected chi connectivity index (χ1v) is 10.9. The minimum Gasteiger partial charge on any atom is -0.342 e. The van der Waals surface area contributed by atoms with Gasteiger partial charge < -0.3 is 14.3 Å². The van der Waals surface area contributed by atoms with Crippen molar-refractivity contribution in [3.05, 3.63) is 5.89 Å². The second-order valence-electron chi connectivity index (χ2n) is 8.79. The molecular formula is C20H31N5O2. The molecule has 0 spiro atoms. The molecule has 3 aliphatic heterocycles. The first-order chi connectivity index (χ1) is 13.3.